The van der Waals surface area contributed by atoms with Gasteiger partial charge in [-0.15, -0.1) is 0 Å². The molecule has 0 radical (unpaired) electrons. The van der Waals surface area contributed by atoms with E-state index < -0.39 is 0 Å². The van der Waals surface area contributed by atoms with E-state index in [0.717, 1.165) is 12.8 Å². The summed E-state index contributed by atoms with van der Waals surface area (Å²) in [4.78, 5) is 10.5. The van der Waals surface area contributed by atoms with Crippen molar-refractivity contribution in [1.29, 1.82) is 0 Å². The minimum absolute atomic E-state index is 0.164. The van der Waals surface area contributed by atoms with Crippen LogP contribution < -0.4 is 5.73 Å². The summed E-state index contributed by atoms with van der Waals surface area (Å²) in [6.07, 6.45) is 91.2. The van der Waals surface area contributed by atoms with Crippen LogP contribution in [-0.4, -0.2) is 5.91 Å². The highest BCUT2D eigenvalue weighted by atomic mass is 16.1. The Morgan fingerprint density at radius 2 is 0.338 bits per heavy atom. The first-order chi connectivity index (χ1) is 35.1. The van der Waals surface area contributed by atoms with Crippen molar-refractivity contribution in [2.24, 2.45) is 5.73 Å². The molecule has 71 heavy (non-hydrogen) atoms. The van der Waals surface area contributed by atoms with Gasteiger partial charge < -0.3 is 5.73 Å². The Hall–Kier alpha value is -0.790. The van der Waals surface area contributed by atoms with Gasteiger partial charge in [0.25, 0.3) is 0 Å². The highest BCUT2D eigenvalue weighted by Gasteiger charge is 1.99. The highest BCUT2D eigenvalue weighted by Crippen LogP contribution is 2.18. The van der Waals surface area contributed by atoms with Crippen LogP contribution in [0.5, 0.6) is 0 Å². The number of unbranched alkanes of at least 4 members (excludes halogenated alkanes) is 56. The number of carbonyl (C=O) groups is 1. The molecule has 0 aliphatic rings. The Balaban J connectivity index is -0.00000103. The average Bonchev–Trinajstić information content (AvgIpc) is 3.37. The predicted molar refractivity (Wildman–Crippen MR) is 328 cm³/mol. The van der Waals surface area contributed by atoms with E-state index in [0.29, 0.717) is 6.42 Å². The van der Waals surface area contributed by atoms with E-state index in [9.17, 15) is 4.79 Å². The van der Waals surface area contributed by atoms with Crippen LogP contribution in [0.1, 0.15) is 426 Å². The molecule has 0 atom stereocenters. The molecule has 0 heterocycles. The van der Waals surface area contributed by atoms with Crippen molar-refractivity contribution in [2.45, 2.75) is 426 Å². The minimum Gasteiger partial charge on any atom is -0.370 e. The fraction of sp³-hybridized carbons (Fsp3) is 0.957. The molecule has 2 N–H and O–H groups in total. The number of nitrogens with two attached hydrogens (primary N) is 1. The van der Waals surface area contributed by atoms with E-state index in [4.69, 9.17) is 5.73 Å². The summed E-state index contributed by atoms with van der Waals surface area (Å²) in [5.41, 5.74) is 5.10. The zero-order valence-electron chi connectivity index (χ0n) is 50.8. The number of hydrogen-bond acceptors (Lipinski definition) is 1. The van der Waals surface area contributed by atoms with E-state index in [1.54, 1.807) is 0 Å². The maximum absolute atomic E-state index is 10.5. The molecule has 0 unspecified atom stereocenters. The standard InChI is InChI=1S/C32H66.C19H40.C18H35NO/c1-3-5-7-9-11-13-15-17-19-21-23-25-27-29-31-32-30-28-26-24-22-20-18-16-14-12-10-8-6-4-2;1-3-5-7-9-11-13-15-17-19-18-16-14-12-10-8-6-4-2;1-2-3-4-5-6-7-8-9-10-11-12-13-14-15-16-17-18(19)20/h3-32H2,1-2H3;3-19H2,1-2H3;9-10H,2-8,11-17H2,1H3,(H2,19,20)/b;;10-9-. The van der Waals surface area contributed by atoms with Crippen molar-refractivity contribution in [3.63, 3.8) is 0 Å². The lowest BCUT2D eigenvalue weighted by molar-refractivity contribution is -0.118. The molecule has 0 saturated carbocycles. The molecule has 0 saturated heterocycles. The van der Waals surface area contributed by atoms with Crippen LogP contribution in [0.2, 0.25) is 0 Å². The van der Waals surface area contributed by atoms with Crippen LogP contribution in [0, 0.1) is 0 Å². The van der Waals surface area contributed by atoms with Crippen LogP contribution in [0.4, 0.5) is 0 Å². The van der Waals surface area contributed by atoms with Crippen molar-refractivity contribution >= 4 is 5.91 Å². The van der Waals surface area contributed by atoms with Gasteiger partial charge >= 0.3 is 0 Å². The Morgan fingerprint density at radius 3 is 0.479 bits per heavy atom. The number of primary amides is 1. The fourth-order valence-corrected chi connectivity index (χ4v) is 10.3. The number of carbonyl (C=O) groups excluding carboxylic acids is 1. The molecule has 2 heteroatoms. The van der Waals surface area contributed by atoms with Crippen LogP contribution >= 0.6 is 0 Å². The Bertz CT molecular complexity index is 850. The quantitative estimate of drug-likeness (QED) is 0.0479. The van der Waals surface area contributed by atoms with Crippen molar-refractivity contribution in [1.82, 2.24) is 0 Å². The Morgan fingerprint density at radius 1 is 0.211 bits per heavy atom. The molecule has 0 rings (SSSR count). The van der Waals surface area contributed by atoms with Crippen LogP contribution in [0.15, 0.2) is 12.2 Å². The van der Waals surface area contributed by atoms with Gasteiger partial charge in [-0.05, 0) is 32.1 Å². The zero-order valence-corrected chi connectivity index (χ0v) is 50.8. The minimum atomic E-state index is -0.164. The van der Waals surface area contributed by atoms with Gasteiger partial charge in [0.2, 0.25) is 5.91 Å². The lowest BCUT2D eigenvalue weighted by atomic mass is 10.0. The number of allylic oxidation sites excluding steroid dienone is 2. The molecule has 0 spiro atoms. The number of hydrogen-bond donors (Lipinski definition) is 1. The molecule has 0 aliphatic heterocycles. The lowest BCUT2D eigenvalue weighted by Gasteiger charge is -2.04. The first kappa shape index (κ1) is 74.5. The third kappa shape index (κ3) is 83.4. The van der Waals surface area contributed by atoms with Crippen molar-refractivity contribution in [2.75, 3.05) is 0 Å². The summed E-state index contributed by atoms with van der Waals surface area (Å²) in [6.45, 7) is 11.5. The molecule has 428 valence electrons. The largest absolute Gasteiger partial charge is 0.370 e. The predicted octanol–water partition coefficient (Wildman–Crippen LogP) is 25.9. The van der Waals surface area contributed by atoms with E-state index >= 15 is 0 Å². The smallest absolute Gasteiger partial charge is 0.217 e. The molecule has 0 aromatic carbocycles. The van der Waals surface area contributed by atoms with Gasteiger partial charge in [0, 0.05) is 6.42 Å². The third-order valence-corrected chi connectivity index (χ3v) is 15.3. The molecule has 2 nitrogen and oxygen atoms in total. The summed E-state index contributed by atoms with van der Waals surface area (Å²) in [7, 11) is 0. The topological polar surface area (TPSA) is 43.1 Å². The van der Waals surface area contributed by atoms with Gasteiger partial charge in [-0.1, -0.05) is 400 Å². The van der Waals surface area contributed by atoms with Crippen molar-refractivity contribution in [3.8, 4) is 0 Å². The molecule has 0 fully saturated rings. The summed E-state index contributed by atoms with van der Waals surface area (Å²) >= 11 is 0. The molecule has 0 aliphatic carbocycles. The Labute approximate surface area is 452 Å². The van der Waals surface area contributed by atoms with Crippen LogP contribution in [0.25, 0.3) is 0 Å². The first-order valence-corrected chi connectivity index (χ1v) is 34.0. The van der Waals surface area contributed by atoms with E-state index in [1.165, 1.54) is 372 Å². The molecule has 1 amide bonds. The molecule has 0 bridgehead atoms. The Kier molecular flexibility index (Phi) is 79.4. The van der Waals surface area contributed by atoms with Crippen LogP contribution in [0.3, 0.4) is 0 Å². The second-order valence-electron chi connectivity index (χ2n) is 23.0. The van der Waals surface area contributed by atoms with Crippen LogP contribution in [-0.2, 0) is 4.79 Å². The molecular weight excluding hydrogens is 859 g/mol. The van der Waals surface area contributed by atoms with E-state index in [1.807, 2.05) is 0 Å². The van der Waals surface area contributed by atoms with Gasteiger partial charge in [0.1, 0.15) is 0 Å². The summed E-state index contributed by atoms with van der Waals surface area (Å²) in [6, 6.07) is 0. The number of rotatable bonds is 60. The summed E-state index contributed by atoms with van der Waals surface area (Å²) in [5, 5.41) is 0. The second kappa shape index (κ2) is 75.7. The molecule has 0 aromatic rings. The maximum Gasteiger partial charge on any atom is 0.217 e. The van der Waals surface area contributed by atoms with Gasteiger partial charge in [-0.3, -0.25) is 4.79 Å². The van der Waals surface area contributed by atoms with Crippen molar-refractivity contribution in [3.05, 3.63) is 12.2 Å². The van der Waals surface area contributed by atoms with Gasteiger partial charge in [-0.25, -0.2) is 0 Å². The van der Waals surface area contributed by atoms with Gasteiger partial charge in [0.15, 0.2) is 0 Å². The normalized spacial score (nSPS) is 11.3. The summed E-state index contributed by atoms with van der Waals surface area (Å²) < 4.78 is 0. The van der Waals surface area contributed by atoms with Crippen molar-refractivity contribution < 1.29 is 4.79 Å². The highest BCUT2D eigenvalue weighted by molar-refractivity contribution is 5.73. The lowest BCUT2D eigenvalue weighted by Crippen LogP contribution is -2.09. The summed E-state index contributed by atoms with van der Waals surface area (Å²) in [5.74, 6) is -0.164. The average molecular weight is 1000 g/mol. The zero-order chi connectivity index (χ0) is 52.1. The molecule has 0 aromatic heterocycles. The van der Waals surface area contributed by atoms with Gasteiger partial charge in [0.05, 0.1) is 0 Å². The third-order valence-electron chi connectivity index (χ3n) is 15.3. The molecular formula is C69H141NO. The first-order valence-electron chi connectivity index (χ1n) is 34.0. The second-order valence-corrected chi connectivity index (χ2v) is 23.0. The van der Waals surface area contributed by atoms with Gasteiger partial charge in [-0.2, -0.15) is 0 Å². The van der Waals surface area contributed by atoms with E-state index in [2.05, 4.69) is 46.8 Å². The van der Waals surface area contributed by atoms with E-state index in [-0.39, 0.29) is 5.91 Å². The monoisotopic (exact) mass is 1000 g/mol. The SMILES string of the molecule is CCCCCCCC/C=C\CCCCCCCC(N)=O.CCCCCCCCCCCCCCCCCCC.CCCCCCCCCCCCCCCCCCCCCCCCCCCCCCCC. The fourth-order valence-electron chi connectivity index (χ4n) is 10.3. The number of amides is 1. The maximum atomic E-state index is 10.5.